The monoisotopic (exact) mass is 891 g/mol. The topological polar surface area (TPSA) is 127 Å². The molecule has 0 aliphatic heterocycles. The van der Waals surface area contributed by atoms with Gasteiger partial charge in [-0.15, -0.1) is 0 Å². The second-order valence-corrected chi connectivity index (χ2v) is 12.1. The molecule has 4 heterocycles. The Morgan fingerprint density at radius 2 is 1.31 bits per heavy atom. The summed E-state index contributed by atoms with van der Waals surface area (Å²) < 4.78 is 23.1. The zero-order valence-electron chi connectivity index (χ0n) is 27.9. The van der Waals surface area contributed by atoms with E-state index in [9.17, 15) is 10.4 Å². The van der Waals surface area contributed by atoms with E-state index in [2.05, 4.69) is 27.7 Å². The maximum atomic E-state index is 12.3. The Morgan fingerprint density at radius 1 is 0.784 bits per heavy atom. The molecular formula is C36H33Cl2CuIN5O6. The molecular weight excluding hydrogens is 860 g/mol. The first-order valence-electron chi connectivity index (χ1n) is 15.4. The van der Waals surface area contributed by atoms with Crippen molar-refractivity contribution in [1.82, 2.24) is 14.7 Å². The summed E-state index contributed by atoms with van der Waals surface area (Å²) in [6.07, 6.45) is 7.17. The summed E-state index contributed by atoms with van der Waals surface area (Å²) in [5.41, 5.74) is 2.96. The molecule has 0 bridgehead atoms. The van der Waals surface area contributed by atoms with Gasteiger partial charge in [0.15, 0.2) is 11.7 Å². The van der Waals surface area contributed by atoms with Gasteiger partial charge in [0.2, 0.25) is 5.69 Å². The fourth-order valence-electron chi connectivity index (χ4n) is 5.27. The summed E-state index contributed by atoms with van der Waals surface area (Å²) >= 11 is 17.8. The van der Waals surface area contributed by atoms with Crippen molar-refractivity contribution in [2.75, 3.05) is 35.0 Å². The van der Waals surface area contributed by atoms with E-state index in [4.69, 9.17) is 42.1 Å². The molecule has 0 radical (unpaired) electrons. The van der Waals surface area contributed by atoms with Crippen LogP contribution in [-0.4, -0.2) is 54.9 Å². The minimum absolute atomic E-state index is 0.350. The van der Waals surface area contributed by atoms with Crippen molar-refractivity contribution >= 4 is 65.1 Å². The van der Waals surface area contributed by atoms with Crippen molar-refractivity contribution in [3.8, 4) is 45.5 Å². The molecule has 1 aliphatic carbocycles. The molecule has 51 heavy (non-hydrogen) atoms. The number of methoxy groups -OCH3 is 4. The molecule has 0 amide bonds. The summed E-state index contributed by atoms with van der Waals surface area (Å²) in [7, 11) is 6.31. The van der Waals surface area contributed by atoms with Crippen molar-refractivity contribution in [3.63, 3.8) is 0 Å². The van der Waals surface area contributed by atoms with Crippen molar-refractivity contribution in [2.24, 2.45) is 10.9 Å². The Hall–Kier alpha value is -4.01. The number of pyridine rings is 4. The van der Waals surface area contributed by atoms with E-state index in [1.54, 1.807) is 104 Å². The minimum atomic E-state index is 0.350. The molecule has 15 heteroatoms. The van der Waals surface area contributed by atoms with Gasteiger partial charge in [-0.1, -0.05) is 23.2 Å². The summed E-state index contributed by atoms with van der Waals surface area (Å²) in [5, 5.41) is 27.2. The summed E-state index contributed by atoms with van der Waals surface area (Å²) in [5.74, 6) is 3.09. The van der Waals surface area contributed by atoms with E-state index in [0.29, 0.717) is 68.2 Å². The average molecular weight is 893 g/mol. The number of nitrogens with zero attached hydrogens (tertiary/aromatic N) is 5. The standard InChI is InChI=1S/C20H20ClN3O3.C16H13ClN2O3.Cu.HI/c1-26-15-5-13(6-16(8-15)27-2)18-7-14-11-22-19(21)9-17(14)20(24(18)25)23-10-12-3-4-12;1-21-13-3-10(4-14(7-13)22-2)15-5-11-8-18-16(17)6-12(11)9-19(15)20;;/h5-9,11-12,25H,3-4,10H2,1-2H3;3-9H,1-2H3;;1H/q;;+1;/p-1. The molecule has 7 rings (SSSR count). The molecule has 11 nitrogen and oxygen atoms in total. The fourth-order valence-corrected chi connectivity index (χ4v) is 5.60. The second kappa shape index (κ2) is 17.5. The molecule has 4 aromatic heterocycles. The normalized spacial score (nSPS) is 12.5. The molecule has 0 saturated heterocycles. The summed E-state index contributed by atoms with van der Waals surface area (Å²) in [6.45, 7) is 0.681. The predicted octanol–water partition coefficient (Wildman–Crippen LogP) is 8.01. The van der Waals surface area contributed by atoms with E-state index < -0.39 is 0 Å². The van der Waals surface area contributed by atoms with E-state index in [1.165, 1.54) is 19.0 Å². The van der Waals surface area contributed by atoms with Crippen LogP contribution in [0.5, 0.6) is 23.0 Å². The van der Waals surface area contributed by atoms with Crippen LogP contribution in [0, 0.1) is 11.1 Å². The number of benzene rings is 2. The Bertz CT molecular complexity index is 2210. The third-order valence-corrected chi connectivity index (χ3v) is 8.49. The number of aromatic nitrogens is 4. The number of hydrogen-bond acceptors (Lipinski definition) is 9. The van der Waals surface area contributed by atoms with Crippen LogP contribution in [-0.2, 0) is 12.8 Å². The molecule has 6 aromatic rings. The Balaban J connectivity index is 0.000000192. The fraction of sp³-hybridized carbons (Fsp3) is 0.222. The number of fused-ring (bicyclic) bond motifs is 2. The van der Waals surface area contributed by atoms with Gasteiger partial charge < -0.3 is 29.4 Å². The van der Waals surface area contributed by atoms with Gasteiger partial charge in [0.05, 0.1) is 45.1 Å². The first-order chi connectivity index (χ1) is 24.7. The van der Waals surface area contributed by atoms with Crippen molar-refractivity contribution in [2.45, 2.75) is 12.8 Å². The SMILES string of the molecule is COc1cc(OC)cc(-c2cc3cnc(Cl)cc3c(=NCC3CC3)n2O)c1.COc1cc(OC)cc(-c2cc3cnc(Cl)cc3c[n+]2[O-])c1.[Cu][I]. The quantitative estimate of drug-likeness (QED) is 0.0407. The molecule has 1 fully saturated rings. The van der Waals surface area contributed by atoms with Crippen LogP contribution in [0.25, 0.3) is 44.1 Å². The first kappa shape index (κ1) is 38.2. The molecule has 0 unspecified atom stereocenters. The zero-order valence-corrected chi connectivity index (χ0v) is 32.5. The van der Waals surface area contributed by atoms with Gasteiger partial charge in [-0.25, -0.2) is 9.97 Å². The zero-order chi connectivity index (χ0) is 36.7. The van der Waals surface area contributed by atoms with Gasteiger partial charge >= 0.3 is 33.1 Å². The Kier molecular flexibility index (Phi) is 13.1. The molecule has 1 saturated carbocycles. The van der Waals surface area contributed by atoms with Crippen molar-refractivity contribution in [1.29, 1.82) is 0 Å². The second-order valence-electron chi connectivity index (χ2n) is 11.4. The van der Waals surface area contributed by atoms with Gasteiger partial charge in [-0.05, 0) is 61.2 Å². The number of halogens is 3. The van der Waals surface area contributed by atoms with Gasteiger partial charge in [0.1, 0.15) is 33.3 Å². The van der Waals surface area contributed by atoms with E-state index >= 15 is 0 Å². The molecule has 270 valence electrons. The molecule has 2 aromatic carbocycles. The van der Waals surface area contributed by atoms with Crippen molar-refractivity contribution < 1.29 is 41.6 Å². The summed E-state index contributed by atoms with van der Waals surface area (Å²) in [6, 6.07) is 17.8. The van der Waals surface area contributed by atoms with Gasteiger partial charge in [0.25, 0.3) is 0 Å². The van der Waals surface area contributed by atoms with Crippen LogP contribution >= 0.6 is 43.5 Å². The van der Waals surface area contributed by atoms with Crippen LogP contribution in [0.3, 0.4) is 0 Å². The third-order valence-electron chi connectivity index (χ3n) is 8.07. The molecule has 0 atom stereocenters. The molecule has 1 aliphatic rings. The Morgan fingerprint density at radius 3 is 1.86 bits per heavy atom. The van der Waals surface area contributed by atoms with E-state index in [0.717, 1.165) is 36.6 Å². The van der Waals surface area contributed by atoms with Gasteiger partial charge in [0, 0.05) is 58.9 Å². The van der Waals surface area contributed by atoms with E-state index in [-0.39, 0.29) is 0 Å². The van der Waals surface area contributed by atoms with Crippen molar-refractivity contribution in [3.05, 3.63) is 100 Å². The first-order valence-corrected chi connectivity index (χ1v) is 19.2. The number of ether oxygens (including phenoxy) is 4. The maximum absolute atomic E-state index is 12.3. The molecule has 0 spiro atoms. The predicted molar refractivity (Wildman–Crippen MR) is 202 cm³/mol. The number of hydrogen-bond donors (Lipinski definition) is 1. The Labute approximate surface area is 323 Å². The molecule has 1 N–H and O–H groups in total. The van der Waals surface area contributed by atoms with Crippen LogP contribution in [0.4, 0.5) is 0 Å². The van der Waals surface area contributed by atoms with Gasteiger partial charge in [-0.3, -0.25) is 4.99 Å². The third kappa shape index (κ3) is 9.27. The van der Waals surface area contributed by atoms with Crippen LogP contribution in [0.15, 0.2) is 84.2 Å². The van der Waals surface area contributed by atoms with Crippen LogP contribution in [0.2, 0.25) is 10.3 Å². The average Bonchev–Trinajstić information content (AvgIpc) is 3.99. The van der Waals surface area contributed by atoms with Crippen LogP contribution in [0.1, 0.15) is 12.8 Å². The summed E-state index contributed by atoms with van der Waals surface area (Å²) in [4.78, 5) is 12.9. The van der Waals surface area contributed by atoms with E-state index in [1.807, 2.05) is 18.2 Å². The number of rotatable bonds is 8. The van der Waals surface area contributed by atoms with Crippen LogP contribution < -0.4 is 29.2 Å². The van der Waals surface area contributed by atoms with Gasteiger partial charge in [-0.2, -0.15) is 9.46 Å².